The van der Waals surface area contributed by atoms with Gasteiger partial charge in [-0.15, -0.1) is 11.8 Å². The van der Waals surface area contributed by atoms with Gasteiger partial charge in [0.1, 0.15) is 0 Å². The highest BCUT2D eigenvalue weighted by Crippen LogP contribution is 2.27. The topological polar surface area (TPSA) is 44.9 Å². The summed E-state index contributed by atoms with van der Waals surface area (Å²) < 4.78 is 0. The molecule has 106 valence electrons. The summed E-state index contributed by atoms with van der Waals surface area (Å²) in [6, 6.07) is 15.9. The van der Waals surface area contributed by atoms with Crippen molar-refractivity contribution in [3.05, 3.63) is 60.3 Å². The number of carbonyl (C=O) groups excluding carboxylic acids is 1. The highest BCUT2D eigenvalue weighted by molar-refractivity contribution is 8.00. The number of aryl methyl sites for hydroxylation is 1. The monoisotopic (exact) mass is 296 g/mol. The summed E-state index contributed by atoms with van der Waals surface area (Å²) in [4.78, 5) is 16.3. The van der Waals surface area contributed by atoms with Crippen molar-refractivity contribution in [2.24, 2.45) is 0 Å². The molecule has 4 heteroatoms. The molecule has 0 spiro atoms. The van der Waals surface area contributed by atoms with E-state index in [1.165, 1.54) is 5.56 Å². The Morgan fingerprint density at radius 1 is 1.14 bits per heavy atom. The van der Waals surface area contributed by atoms with Gasteiger partial charge < -0.3 is 10.3 Å². The van der Waals surface area contributed by atoms with Crippen LogP contribution in [0.3, 0.4) is 0 Å². The van der Waals surface area contributed by atoms with Crippen LogP contribution in [0.25, 0.3) is 10.9 Å². The second-order valence-electron chi connectivity index (χ2n) is 4.90. The van der Waals surface area contributed by atoms with Gasteiger partial charge in [-0.05, 0) is 25.1 Å². The van der Waals surface area contributed by atoms with Crippen LogP contribution >= 0.6 is 11.8 Å². The van der Waals surface area contributed by atoms with E-state index in [0.717, 1.165) is 21.5 Å². The number of fused-ring (bicyclic) bond motifs is 1. The standard InChI is InChI=1S/C17H16N2OS/c1-12-6-8-13(9-7-12)19-17(20)11-21-16-10-18-15-5-3-2-4-14(15)16/h2-10,18H,11H2,1H3,(H,19,20). The third-order valence-corrected chi connectivity index (χ3v) is 4.30. The highest BCUT2D eigenvalue weighted by Gasteiger charge is 2.07. The molecule has 1 amide bonds. The van der Waals surface area contributed by atoms with E-state index < -0.39 is 0 Å². The molecule has 21 heavy (non-hydrogen) atoms. The number of para-hydroxylation sites is 1. The van der Waals surface area contributed by atoms with Gasteiger partial charge in [0.15, 0.2) is 0 Å². The molecule has 2 N–H and O–H groups in total. The zero-order chi connectivity index (χ0) is 14.7. The average molecular weight is 296 g/mol. The first-order valence-corrected chi connectivity index (χ1v) is 7.76. The minimum Gasteiger partial charge on any atom is -0.360 e. The van der Waals surface area contributed by atoms with E-state index in [9.17, 15) is 4.79 Å². The van der Waals surface area contributed by atoms with Gasteiger partial charge >= 0.3 is 0 Å². The van der Waals surface area contributed by atoms with Gasteiger partial charge in [-0.2, -0.15) is 0 Å². The third-order valence-electron chi connectivity index (χ3n) is 3.25. The van der Waals surface area contributed by atoms with Crippen LogP contribution in [-0.4, -0.2) is 16.6 Å². The molecule has 1 aromatic heterocycles. The summed E-state index contributed by atoms with van der Waals surface area (Å²) in [7, 11) is 0. The van der Waals surface area contributed by atoms with Crippen LogP contribution in [0.4, 0.5) is 5.69 Å². The van der Waals surface area contributed by atoms with Crippen LogP contribution in [-0.2, 0) is 4.79 Å². The van der Waals surface area contributed by atoms with Crippen molar-refractivity contribution in [2.45, 2.75) is 11.8 Å². The van der Waals surface area contributed by atoms with Crippen LogP contribution in [0, 0.1) is 6.92 Å². The number of rotatable bonds is 4. The Kier molecular flexibility index (Phi) is 3.97. The van der Waals surface area contributed by atoms with Crippen LogP contribution < -0.4 is 5.32 Å². The first kappa shape index (κ1) is 13.8. The fourth-order valence-electron chi connectivity index (χ4n) is 2.14. The lowest BCUT2D eigenvalue weighted by molar-refractivity contribution is -0.113. The van der Waals surface area contributed by atoms with Gasteiger partial charge in [-0.3, -0.25) is 4.79 Å². The largest absolute Gasteiger partial charge is 0.360 e. The lowest BCUT2D eigenvalue weighted by atomic mass is 10.2. The fraction of sp³-hybridized carbons (Fsp3) is 0.118. The number of amides is 1. The Labute approximate surface area is 127 Å². The number of nitrogens with one attached hydrogen (secondary N) is 2. The Bertz CT molecular complexity index is 762. The Balaban J connectivity index is 1.62. The van der Waals surface area contributed by atoms with Crippen LogP contribution in [0.1, 0.15) is 5.56 Å². The number of benzene rings is 2. The summed E-state index contributed by atoms with van der Waals surface area (Å²) in [6.45, 7) is 2.03. The molecule has 2 aromatic carbocycles. The molecule has 3 aromatic rings. The van der Waals surface area contributed by atoms with Crippen molar-refractivity contribution in [3.8, 4) is 0 Å². The van der Waals surface area contributed by atoms with Gasteiger partial charge in [0.05, 0.1) is 5.75 Å². The van der Waals surface area contributed by atoms with E-state index in [1.54, 1.807) is 11.8 Å². The quantitative estimate of drug-likeness (QED) is 0.708. The van der Waals surface area contributed by atoms with Crippen molar-refractivity contribution in [2.75, 3.05) is 11.1 Å². The van der Waals surface area contributed by atoms with E-state index in [2.05, 4.69) is 16.4 Å². The molecule has 0 radical (unpaired) electrons. The summed E-state index contributed by atoms with van der Waals surface area (Å²) >= 11 is 1.54. The zero-order valence-electron chi connectivity index (χ0n) is 11.7. The first-order valence-electron chi connectivity index (χ1n) is 6.78. The van der Waals surface area contributed by atoms with Gasteiger partial charge in [0.25, 0.3) is 0 Å². The lowest BCUT2D eigenvalue weighted by Gasteiger charge is -2.05. The van der Waals surface area contributed by atoms with Crippen LogP contribution in [0.15, 0.2) is 59.6 Å². The summed E-state index contributed by atoms with van der Waals surface area (Å²) in [5.41, 5.74) is 3.12. The zero-order valence-corrected chi connectivity index (χ0v) is 12.5. The van der Waals surface area contributed by atoms with Crippen molar-refractivity contribution in [1.82, 2.24) is 4.98 Å². The van der Waals surface area contributed by atoms with E-state index in [0.29, 0.717) is 5.75 Å². The number of hydrogen-bond acceptors (Lipinski definition) is 2. The molecule has 0 saturated heterocycles. The maximum absolute atomic E-state index is 12.0. The van der Waals surface area contributed by atoms with Gasteiger partial charge in [-0.25, -0.2) is 0 Å². The average Bonchev–Trinajstić information content (AvgIpc) is 2.91. The molecule has 0 saturated carbocycles. The number of hydrogen-bond donors (Lipinski definition) is 2. The molecule has 0 unspecified atom stereocenters. The molecule has 0 aliphatic rings. The molecule has 0 atom stereocenters. The van der Waals surface area contributed by atoms with E-state index in [4.69, 9.17) is 0 Å². The summed E-state index contributed by atoms with van der Waals surface area (Å²) in [5.74, 6) is 0.407. The maximum Gasteiger partial charge on any atom is 0.234 e. The van der Waals surface area contributed by atoms with Crippen molar-refractivity contribution in [1.29, 1.82) is 0 Å². The number of thioether (sulfide) groups is 1. The molecule has 0 bridgehead atoms. The van der Waals surface area contributed by atoms with Crippen LogP contribution in [0.2, 0.25) is 0 Å². The SMILES string of the molecule is Cc1ccc(NC(=O)CSc2c[nH]c3ccccc23)cc1. The van der Waals surface area contributed by atoms with Crippen molar-refractivity contribution < 1.29 is 4.79 Å². The highest BCUT2D eigenvalue weighted by atomic mass is 32.2. The minimum atomic E-state index is 0.00846. The van der Waals surface area contributed by atoms with Crippen molar-refractivity contribution >= 4 is 34.3 Å². The Hall–Kier alpha value is -2.20. The molecule has 3 nitrogen and oxygen atoms in total. The predicted octanol–water partition coefficient (Wildman–Crippen LogP) is 4.21. The minimum absolute atomic E-state index is 0.00846. The smallest absolute Gasteiger partial charge is 0.234 e. The molecular formula is C17H16N2OS. The number of anilines is 1. The second-order valence-corrected chi connectivity index (χ2v) is 5.92. The normalized spacial score (nSPS) is 10.7. The lowest BCUT2D eigenvalue weighted by Crippen LogP contribution is -2.13. The second kappa shape index (κ2) is 6.06. The summed E-state index contributed by atoms with van der Waals surface area (Å²) in [5, 5.41) is 4.07. The number of aromatic nitrogens is 1. The predicted molar refractivity (Wildman–Crippen MR) is 88.8 cm³/mol. The van der Waals surface area contributed by atoms with Crippen LogP contribution in [0.5, 0.6) is 0 Å². The number of carbonyl (C=O) groups is 1. The molecule has 0 fully saturated rings. The van der Waals surface area contributed by atoms with Gasteiger partial charge in [0, 0.05) is 27.7 Å². The van der Waals surface area contributed by atoms with Gasteiger partial charge in [0.2, 0.25) is 5.91 Å². The molecule has 1 heterocycles. The number of aromatic amines is 1. The number of H-pyrrole nitrogens is 1. The van der Waals surface area contributed by atoms with Crippen molar-refractivity contribution in [3.63, 3.8) is 0 Å². The molecule has 0 aliphatic carbocycles. The molecule has 0 aliphatic heterocycles. The van der Waals surface area contributed by atoms with E-state index in [1.807, 2.05) is 55.6 Å². The Morgan fingerprint density at radius 2 is 1.90 bits per heavy atom. The van der Waals surface area contributed by atoms with Gasteiger partial charge in [-0.1, -0.05) is 35.9 Å². The molecule has 3 rings (SSSR count). The first-order chi connectivity index (χ1) is 10.2. The Morgan fingerprint density at radius 3 is 2.71 bits per heavy atom. The van der Waals surface area contributed by atoms with E-state index >= 15 is 0 Å². The third kappa shape index (κ3) is 3.28. The summed E-state index contributed by atoms with van der Waals surface area (Å²) in [6.07, 6.45) is 1.95. The molecular weight excluding hydrogens is 280 g/mol. The van der Waals surface area contributed by atoms with E-state index in [-0.39, 0.29) is 5.91 Å². The fourth-order valence-corrected chi connectivity index (χ4v) is 2.98. The maximum atomic E-state index is 12.0.